The molecule has 0 radical (unpaired) electrons. The van der Waals surface area contributed by atoms with Gasteiger partial charge in [0.1, 0.15) is 0 Å². The van der Waals surface area contributed by atoms with Gasteiger partial charge >= 0.3 is 6.18 Å². The zero-order valence-corrected chi connectivity index (χ0v) is 21.7. The lowest BCUT2D eigenvalue weighted by molar-refractivity contribution is -0.138. The van der Waals surface area contributed by atoms with Gasteiger partial charge in [-0.1, -0.05) is 23.7 Å². The van der Waals surface area contributed by atoms with Crippen LogP contribution in [0.25, 0.3) is 17.0 Å². The maximum atomic E-state index is 13.5. The van der Waals surface area contributed by atoms with Crippen LogP contribution >= 0.6 is 23.4 Å². The van der Waals surface area contributed by atoms with Crippen molar-refractivity contribution in [3.63, 3.8) is 0 Å². The topological polar surface area (TPSA) is 78.7 Å². The largest absolute Gasteiger partial charge is 0.416 e. The van der Waals surface area contributed by atoms with Gasteiger partial charge in [-0.15, -0.1) is 0 Å². The lowest BCUT2D eigenvalue weighted by Gasteiger charge is -2.22. The van der Waals surface area contributed by atoms with Crippen LogP contribution in [0.2, 0.25) is 5.02 Å². The third-order valence-corrected chi connectivity index (χ3v) is 7.74. The number of carbonyl (C=O) groups is 2. The fourth-order valence-electron chi connectivity index (χ4n) is 4.77. The van der Waals surface area contributed by atoms with Gasteiger partial charge in [0.05, 0.1) is 41.4 Å². The summed E-state index contributed by atoms with van der Waals surface area (Å²) in [5.74, 6) is -0.460. The number of benzene rings is 2. The number of amides is 2. The molecule has 5 rings (SSSR count). The number of β-amino-alcohol motifs (C(OH)–C–C–N with tert-alkyl or cyclic N) is 1. The lowest BCUT2D eigenvalue weighted by Crippen LogP contribution is -2.41. The Morgan fingerprint density at radius 1 is 1.11 bits per heavy atom. The molecule has 2 aliphatic heterocycles. The highest BCUT2D eigenvalue weighted by atomic mass is 35.5. The summed E-state index contributed by atoms with van der Waals surface area (Å²) in [6, 6.07) is 8.82. The average molecular weight is 565 g/mol. The van der Waals surface area contributed by atoms with Gasteiger partial charge < -0.3 is 10.0 Å². The minimum atomic E-state index is -4.55. The highest BCUT2D eigenvalue weighted by Gasteiger charge is 2.37. The van der Waals surface area contributed by atoms with Crippen LogP contribution in [0.4, 0.5) is 18.0 Å². The van der Waals surface area contributed by atoms with Crippen LogP contribution in [0, 0.1) is 0 Å². The van der Waals surface area contributed by atoms with Gasteiger partial charge in [-0.05, 0) is 79.2 Å². The van der Waals surface area contributed by atoms with E-state index < -0.39 is 29.0 Å². The van der Waals surface area contributed by atoms with E-state index in [1.165, 1.54) is 23.0 Å². The summed E-state index contributed by atoms with van der Waals surface area (Å²) in [7, 11) is 0. The predicted octanol–water partition coefficient (Wildman–Crippen LogP) is 5.25. The smallest absolute Gasteiger partial charge is 0.390 e. The molecule has 0 aliphatic carbocycles. The minimum absolute atomic E-state index is 0.00144. The van der Waals surface area contributed by atoms with Crippen LogP contribution < -0.4 is 0 Å². The van der Waals surface area contributed by atoms with E-state index >= 15 is 0 Å². The number of imide groups is 1. The quantitative estimate of drug-likeness (QED) is 0.395. The third-order valence-electron chi connectivity index (χ3n) is 6.60. The van der Waals surface area contributed by atoms with E-state index in [1.54, 1.807) is 24.3 Å². The number of likely N-dealkylation sites (tertiary alicyclic amines) is 1. The first-order chi connectivity index (χ1) is 18.1. The second-order valence-electron chi connectivity index (χ2n) is 9.37. The molecule has 2 aliphatic rings. The molecule has 1 atom stereocenters. The molecular weight excluding hydrogens is 541 g/mol. The first kappa shape index (κ1) is 26.7. The molecule has 0 saturated carbocycles. The molecule has 3 aromatic rings. The molecule has 2 amide bonds. The summed E-state index contributed by atoms with van der Waals surface area (Å²) in [6.45, 7) is 2.06. The fraction of sp³-hybridized carbons (Fsp3) is 0.346. The van der Waals surface area contributed by atoms with Gasteiger partial charge in [0, 0.05) is 17.0 Å². The number of alkyl halides is 3. The summed E-state index contributed by atoms with van der Waals surface area (Å²) >= 11 is 6.60. The molecule has 2 fully saturated rings. The molecule has 1 N–H and O–H groups in total. The van der Waals surface area contributed by atoms with Crippen molar-refractivity contribution in [2.75, 3.05) is 26.2 Å². The van der Waals surface area contributed by atoms with Crippen molar-refractivity contribution >= 4 is 51.5 Å². The molecule has 200 valence electrons. The normalized spacial score (nSPS) is 18.9. The van der Waals surface area contributed by atoms with Crippen LogP contribution in [-0.2, 0) is 17.5 Å². The fourth-order valence-corrected chi connectivity index (χ4v) is 5.79. The number of halogens is 4. The van der Waals surface area contributed by atoms with Crippen LogP contribution in [-0.4, -0.2) is 68.1 Å². The van der Waals surface area contributed by atoms with Crippen molar-refractivity contribution in [1.29, 1.82) is 0 Å². The predicted molar refractivity (Wildman–Crippen MR) is 140 cm³/mol. The first-order valence-electron chi connectivity index (χ1n) is 12.1. The molecule has 0 spiro atoms. The molecule has 3 heterocycles. The Morgan fingerprint density at radius 2 is 1.87 bits per heavy atom. The van der Waals surface area contributed by atoms with Gasteiger partial charge in [-0.25, -0.2) is 0 Å². The molecular formula is C26H24ClF3N4O3S. The van der Waals surface area contributed by atoms with Gasteiger partial charge in [-0.2, -0.15) is 18.3 Å². The summed E-state index contributed by atoms with van der Waals surface area (Å²) in [6.07, 6.45) is -0.0805. The van der Waals surface area contributed by atoms with Crippen molar-refractivity contribution < 1.29 is 27.9 Å². The lowest BCUT2D eigenvalue weighted by atomic mass is 10.1. The van der Waals surface area contributed by atoms with Crippen molar-refractivity contribution in [1.82, 2.24) is 19.6 Å². The molecule has 0 unspecified atom stereocenters. The van der Waals surface area contributed by atoms with Crippen molar-refractivity contribution in [2.45, 2.75) is 31.7 Å². The van der Waals surface area contributed by atoms with Crippen molar-refractivity contribution in [2.24, 2.45) is 0 Å². The van der Waals surface area contributed by atoms with Crippen LogP contribution in [0.1, 0.15) is 29.5 Å². The van der Waals surface area contributed by atoms with Gasteiger partial charge in [0.25, 0.3) is 11.1 Å². The van der Waals surface area contributed by atoms with E-state index in [2.05, 4.69) is 10.00 Å². The number of carbonyl (C=O) groups excluding carboxylic acids is 2. The number of nitrogens with zero attached hydrogens (tertiary/aromatic N) is 4. The van der Waals surface area contributed by atoms with Gasteiger partial charge in [0.15, 0.2) is 0 Å². The van der Waals surface area contributed by atoms with E-state index in [4.69, 9.17) is 11.6 Å². The molecule has 0 bridgehead atoms. The standard InChI is InChI=1S/C26H24ClF3N4O3S/c27-19-5-4-17(21(11-19)26(28,29)30)13-34-22-6-3-16(9-18(22)12-31-34)10-23-24(36)33(25(37)38-23)15-20(35)14-32-7-1-2-8-32/h3-6,9-12,20,35H,1-2,7-8,13-15H2/b23-10-/t20-/m0/s1. The zero-order valence-electron chi connectivity index (χ0n) is 20.1. The second-order valence-corrected chi connectivity index (χ2v) is 10.8. The average Bonchev–Trinajstić information content (AvgIpc) is 3.57. The Bertz CT molecular complexity index is 1420. The molecule has 2 aromatic carbocycles. The summed E-state index contributed by atoms with van der Waals surface area (Å²) in [5, 5.41) is 14.9. The highest BCUT2D eigenvalue weighted by Crippen LogP contribution is 2.35. The SMILES string of the molecule is O=C1S/C(=C\c2ccc3c(cnn3Cc3ccc(Cl)cc3C(F)(F)F)c2)C(=O)N1C[C@@H](O)CN1CCCC1. The molecule has 7 nitrogen and oxygen atoms in total. The summed E-state index contributed by atoms with van der Waals surface area (Å²) < 4.78 is 42.0. The maximum absolute atomic E-state index is 13.5. The van der Waals surface area contributed by atoms with Crippen molar-refractivity contribution in [3.05, 3.63) is 69.2 Å². The molecule has 2 saturated heterocycles. The number of rotatable bonds is 7. The summed E-state index contributed by atoms with van der Waals surface area (Å²) in [4.78, 5) is 28.8. The number of hydrogen-bond acceptors (Lipinski definition) is 6. The molecule has 12 heteroatoms. The Balaban J connectivity index is 1.32. The van der Waals surface area contributed by atoms with Crippen LogP contribution in [0.5, 0.6) is 0 Å². The molecule has 1 aromatic heterocycles. The van der Waals surface area contributed by atoms with Crippen molar-refractivity contribution in [3.8, 4) is 0 Å². The van der Waals surface area contributed by atoms with Crippen LogP contribution in [0.15, 0.2) is 47.5 Å². The van der Waals surface area contributed by atoms with E-state index in [-0.39, 0.29) is 28.6 Å². The first-order valence-corrected chi connectivity index (χ1v) is 13.2. The van der Waals surface area contributed by atoms with E-state index in [0.717, 1.165) is 48.7 Å². The maximum Gasteiger partial charge on any atom is 0.416 e. The van der Waals surface area contributed by atoms with E-state index in [1.807, 2.05) is 0 Å². The Labute approximate surface area is 225 Å². The summed E-state index contributed by atoms with van der Waals surface area (Å²) in [5.41, 5.74) is 0.481. The Hall–Kier alpha value is -2.86. The zero-order chi connectivity index (χ0) is 27.0. The molecule has 38 heavy (non-hydrogen) atoms. The van der Waals surface area contributed by atoms with E-state index in [0.29, 0.717) is 23.0 Å². The number of aliphatic hydroxyl groups excluding tert-OH is 1. The minimum Gasteiger partial charge on any atom is -0.390 e. The third kappa shape index (κ3) is 5.75. The van der Waals surface area contributed by atoms with Gasteiger partial charge in [0.2, 0.25) is 0 Å². The Kier molecular flexibility index (Phi) is 7.54. The Morgan fingerprint density at radius 3 is 2.61 bits per heavy atom. The van der Waals surface area contributed by atoms with E-state index in [9.17, 15) is 27.9 Å². The second kappa shape index (κ2) is 10.7. The number of aromatic nitrogens is 2. The highest BCUT2D eigenvalue weighted by molar-refractivity contribution is 8.18. The van der Waals surface area contributed by atoms with Gasteiger partial charge in [-0.3, -0.25) is 19.2 Å². The number of fused-ring (bicyclic) bond motifs is 1. The monoisotopic (exact) mass is 564 g/mol. The number of aliphatic hydroxyl groups is 1. The number of thioether (sulfide) groups is 1. The number of hydrogen-bond donors (Lipinski definition) is 1. The van der Waals surface area contributed by atoms with Crippen LogP contribution in [0.3, 0.4) is 0 Å².